The van der Waals surface area contributed by atoms with Crippen molar-refractivity contribution in [2.45, 2.75) is 52.5 Å². The van der Waals surface area contributed by atoms with Crippen LogP contribution in [0.1, 0.15) is 51.0 Å². The van der Waals surface area contributed by atoms with Crippen molar-refractivity contribution in [2.24, 2.45) is 5.92 Å². The third-order valence-electron chi connectivity index (χ3n) is 3.08. The molecule has 2 heterocycles. The topological polar surface area (TPSA) is 17.8 Å². The van der Waals surface area contributed by atoms with E-state index in [1.165, 1.54) is 30.9 Å². The number of fused-ring (bicyclic) bond motifs is 1. The van der Waals surface area contributed by atoms with Gasteiger partial charge in [0, 0.05) is 24.9 Å². The third kappa shape index (κ3) is 1.70. The number of rotatable bonds is 2. The van der Waals surface area contributed by atoms with Gasteiger partial charge in [-0.25, -0.2) is 4.98 Å². The second kappa shape index (κ2) is 3.76. The molecule has 0 amide bonds. The van der Waals surface area contributed by atoms with E-state index in [4.69, 9.17) is 0 Å². The Kier molecular flexibility index (Phi) is 2.62. The van der Waals surface area contributed by atoms with Gasteiger partial charge in [-0.05, 0) is 24.7 Å². The van der Waals surface area contributed by atoms with Gasteiger partial charge in [0.05, 0.1) is 0 Å². The lowest BCUT2D eigenvalue weighted by Gasteiger charge is -2.22. The monoisotopic (exact) mass is 192 g/mol. The first-order chi connectivity index (χ1) is 6.68. The van der Waals surface area contributed by atoms with Crippen LogP contribution in [0.3, 0.4) is 0 Å². The molecule has 2 rings (SSSR count). The van der Waals surface area contributed by atoms with Gasteiger partial charge in [-0.3, -0.25) is 0 Å². The summed E-state index contributed by atoms with van der Waals surface area (Å²) in [5, 5.41) is 0. The van der Waals surface area contributed by atoms with Gasteiger partial charge in [0.15, 0.2) is 0 Å². The summed E-state index contributed by atoms with van der Waals surface area (Å²) in [5.74, 6) is 2.71. The van der Waals surface area contributed by atoms with Crippen LogP contribution in [-0.2, 0) is 13.0 Å². The van der Waals surface area contributed by atoms with E-state index < -0.39 is 0 Å². The molecule has 1 aromatic rings. The summed E-state index contributed by atoms with van der Waals surface area (Å²) in [5.41, 5.74) is 1.45. The largest absolute Gasteiger partial charge is 0.332 e. The molecular formula is C12H20N2. The van der Waals surface area contributed by atoms with Gasteiger partial charge in [0.1, 0.15) is 5.82 Å². The first-order valence-corrected chi connectivity index (χ1v) is 5.72. The molecule has 2 heteroatoms. The molecule has 0 spiro atoms. The first-order valence-electron chi connectivity index (χ1n) is 5.72. The van der Waals surface area contributed by atoms with Crippen LogP contribution in [0.2, 0.25) is 0 Å². The van der Waals surface area contributed by atoms with Crippen molar-refractivity contribution >= 4 is 0 Å². The fourth-order valence-electron chi connectivity index (χ4n) is 2.31. The maximum absolute atomic E-state index is 4.55. The quantitative estimate of drug-likeness (QED) is 0.704. The van der Waals surface area contributed by atoms with E-state index in [0.717, 1.165) is 6.42 Å². The third-order valence-corrected chi connectivity index (χ3v) is 3.08. The number of nitrogens with zero attached hydrogens (tertiary/aromatic N) is 2. The van der Waals surface area contributed by atoms with E-state index in [1.54, 1.807) is 0 Å². The molecule has 0 aliphatic carbocycles. The van der Waals surface area contributed by atoms with E-state index in [-0.39, 0.29) is 0 Å². The lowest BCUT2D eigenvalue weighted by molar-refractivity contribution is 0.453. The predicted octanol–water partition coefficient (Wildman–Crippen LogP) is 2.98. The Bertz CT molecular complexity index is 312. The molecule has 78 valence electrons. The Labute approximate surface area is 86.3 Å². The van der Waals surface area contributed by atoms with Crippen LogP contribution in [0, 0.1) is 5.92 Å². The highest BCUT2D eigenvalue weighted by Crippen LogP contribution is 2.27. The SMILES string of the molecule is CC(C)Cc1ncc2n1CCCC2C. The molecule has 1 aromatic heterocycles. The van der Waals surface area contributed by atoms with E-state index >= 15 is 0 Å². The summed E-state index contributed by atoms with van der Waals surface area (Å²) in [6.07, 6.45) is 5.84. The highest BCUT2D eigenvalue weighted by molar-refractivity contribution is 5.12. The van der Waals surface area contributed by atoms with Crippen molar-refractivity contribution in [2.75, 3.05) is 0 Å². The predicted molar refractivity (Wildman–Crippen MR) is 58.4 cm³/mol. The Morgan fingerprint density at radius 2 is 2.36 bits per heavy atom. The molecular weight excluding hydrogens is 172 g/mol. The molecule has 0 radical (unpaired) electrons. The summed E-state index contributed by atoms with van der Waals surface area (Å²) in [6.45, 7) is 8.01. The van der Waals surface area contributed by atoms with Gasteiger partial charge in [0.2, 0.25) is 0 Å². The van der Waals surface area contributed by atoms with E-state index in [0.29, 0.717) is 11.8 Å². The first kappa shape index (κ1) is 9.75. The standard InChI is InChI=1S/C12H20N2/c1-9(2)7-12-13-8-11-10(3)5-4-6-14(11)12/h8-10H,4-7H2,1-3H3. The second-order valence-corrected chi connectivity index (χ2v) is 4.89. The molecule has 1 unspecified atom stereocenters. The highest BCUT2D eigenvalue weighted by Gasteiger charge is 2.19. The zero-order valence-corrected chi connectivity index (χ0v) is 9.45. The van der Waals surface area contributed by atoms with Gasteiger partial charge < -0.3 is 4.57 Å². The fraction of sp³-hybridized carbons (Fsp3) is 0.750. The Hall–Kier alpha value is -0.790. The number of hydrogen-bond acceptors (Lipinski definition) is 1. The molecule has 1 atom stereocenters. The molecule has 0 N–H and O–H groups in total. The van der Waals surface area contributed by atoms with Crippen LogP contribution in [0.5, 0.6) is 0 Å². The molecule has 0 bridgehead atoms. The summed E-state index contributed by atoms with van der Waals surface area (Å²) in [6, 6.07) is 0. The lowest BCUT2D eigenvalue weighted by atomic mass is 9.98. The zero-order chi connectivity index (χ0) is 10.1. The highest BCUT2D eigenvalue weighted by atomic mass is 15.1. The van der Waals surface area contributed by atoms with Crippen LogP contribution < -0.4 is 0 Å². The molecule has 1 aliphatic rings. The smallest absolute Gasteiger partial charge is 0.109 e. The number of imidazole rings is 1. The van der Waals surface area contributed by atoms with Crippen molar-refractivity contribution < 1.29 is 0 Å². The van der Waals surface area contributed by atoms with Gasteiger partial charge in [0.25, 0.3) is 0 Å². The van der Waals surface area contributed by atoms with Gasteiger partial charge >= 0.3 is 0 Å². The fourth-order valence-corrected chi connectivity index (χ4v) is 2.31. The van der Waals surface area contributed by atoms with Crippen LogP contribution >= 0.6 is 0 Å². The van der Waals surface area contributed by atoms with E-state index in [9.17, 15) is 0 Å². The molecule has 0 aromatic carbocycles. The van der Waals surface area contributed by atoms with Gasteiger partial charge in [-0.15, -0.1) is 0 Å². The van der Waals surface area contributed by atoms with Crippen molar-refractivity contribution in [1.82, 2.24) is 9.55 Å². The average molecular weight is 192 g/mol. The van der Waals surface area contributed by atoms with Crippen molar-refractivity contribution in [3.63, 3.8) is 0 Å². The van der Waals surface area contributed by atoms with Crippen molar-refractivity contribution in [1.29, 1.82) is 0 Å². The zero-order valence-electron chi connectivity index (χ0n) is 9.45. The minimum absolute atomic E-state index is 0.706. The van der Waals surface area contributed by atoms with Crippen LogP contribution in [-0.4, -0.2) is 9.55 Å². The summed E-state index contributed by atoms with van der Waals surface area (Å²) >= 11 is 0. The number of hydrogen-bond donors (Lipinski definition) is 0. The molecule has 1 aliphatic heterocycles. The normalized spacial score (nSPS) is 21.3. The van der Waals surface area contributed by atoms with E-state index in [2.05, 4.69) is 36.5 Å². The molecule has 0 saturated heterocycles. The van der Waals surface area contributed by atoms with Crippen LogP contribution in [0.15, 0.2) is 6.20 Å². The average Bonchev–Trinajstić information content (AvgIpc) is 2.49. The van der Waals surface area contributed by atoms with Crippen molar-refractivity contribution in [3.8, 4) is 0 Å². The molecule has 2 nitrogen and oxygen atoms in total. The minimum atomic E-state index is 0.706. The summed E-state index contributed by atoms with van der Waals surface area (Å²) in [4.78, 5) is 4.55. The van der Waals surface area contributed by atoms with Crippen molar-refractivity contribution in [3.05, 3.63) is 17.7 Å². The Balaban J connectivity index is 2.26. The molecule has 0 fully saturated rings. The molecule has 0 saturated carbocycles. The van der Waals surface area contributed by atoms with Crippen LogP contribution in [0.4, 0.5) is 0 Å². The van der Waals surface area contributed by atoms with E-state index in [1.807, 2.05) is 0 Å². The second-order valence-electron chi connectivity index (χ2n) is 4.89. The van der Waals surface area contributed by atoms with Gasteiger partial charge in [-0.1, -0.05) is 20.8 Å². The maximum atomic E-state index is 4.55. The summed E-state index contributed by atoms with van der Waals surface area (Å²) in [7, 11) is 0. The van der Waals surface area contributed by atoms with Gasteiger partial charge in [-0.2, -0.15) is 0 Å². The summed E-state index contributed by atoms with van der Waals surface area (Å²) < 4.78 is 2.44. The minimum Gasteiger partial charge on any atom is -0.332 e. The van der Waals surface area contributed by atoms with Crippen LogP contribution in [0.25, 0.3) is 0 Å². The lowest BCUT2D eigenvalue weighted by Crippen LogP contribution is -2.16. The molecule has 14 heavy (non-hydrogen) atoms. The number of aromatic nitrogens is 2. The Morgan fingerprint density at radius 1 is 1.57 bits per heavy atom. The Morgan fingerprint density at radius 3 is 3.07 bits per heavy atom. The maximum Gasteiger partial charge on any atom is 0.109 e.